The number of halogens is 1. The van der Waals surface area contributed by atoms with Crippen LogP contribution in [0.3, 0.4) is 0 Å². The van der Waals surface area contributed by atoms with Crippen molar-refractivity contribution in [1.29, 1.82) is 0 Å². The van der Waals surface area contributed by atoms with Crippen molar-refractivity contribution in [2.75, 3.05) is 0 Å². The predicted molar refractivity (Wildman–Crippen MR) is 70.9 cm³/mol. The zero-order valence-corrected chi connectivity index (χ0v) is 11.3. The van der Waals surface area contributed by atoms with E-state index in [-0.39, 0.29) is 12.4 Å². The Hall–Kier alpha value is -1.94. The molecule has 0 atom stereocenters. The predicted octanol–water partition coefficient (Wildman–Crippen LogP) is 3.83. The lowest BCUT2D eigenvalue weighted by Crippen LogP contribution is -1.96. The maximum atomic E-state index is 10.7. The van der Waals surface area contributed by atoms with Crippen LogP contribution < -0.4 is 4.74 Å². The smallest absolute Gasteiger partial charge is 0.371 e. The fourth-order valence-corrected chi connectivity index (χ4v) is 1.82. The minimum atomic E-state index is -1.09. The molecule has 100 valence electrons. The molecular formula is C14H13ClO4. The average Bonchev–Trinajstić information content (AvgIpc) is 2.82. The van der Waals surface area contributed by atoms with E-state index in [9.17, 15) is 4.79 Å². The van der Waals surface area contributed by atoms with Crippen LogP contribution in [0.1, 0.15) is 27.4 Å². The van der Waals surface area contributed by atoms with E-state index in [2.05, 4.69) is 0 Å². The zero-order valence-electron chi connectivity index (χ0n) is 10.6. The van der Waals surface area contributed by atoms with Crippen molar-refractivity contribution >= 4 is 17.6 Å². The van der Waals surface area contributed by atoms with E-state index in [0.717, 1.165) is 16.1 Å². The lowest BCUT2D eigenvalue weighted by molar-refractivity contribution is 0.0658. The SMILES string of the molecule is Cc1cc(OCc2ccc(C(=O)O)o2)cc(C)c1Cl. The molecule has 1 N–H and O–H groups in total. The second-order valence-electron chi connectivity index (χ2n) is 4.23. The molecule has 0 fully saturated rings. The van der Waals surface area contributed by atoms with Crippen LogP contribution in [0.25, 0.3) is 0 Å². The minimum Gasteiger partial charge on any atom is -0.486 e. The molecule has 19 heavy (non-hydrogen) atoms. The van der Waals surface area contributed by atoms with Gasteiger partial charge in [-0.15, -0.1) is 0 Å². The van der Waals surface area contributed by atoms with Crippen molar-refractivity contribution in [1.82, 2.24) is 0 Å². The number of furan rings is 1. The summed E-state index contributed by atoms with van der Waals surface area (Å²) in [6.07, 6.45) is 0. The summed E-state index contributed by atoms with van der Waals surface area (Å²) in [6.45, 7) is 3.98. The van der Waals surface area contributed by atoms with E-state index in [4.69, 9.17) is 25.9 Å². The Bertz CT molecular complexity index is 593. The van der Waals surface area contributed by atoms with E-state index in [1.165, 1.54) is 6.07 Å². The Morgan fingerprint density at radius 3 is 2.47 bits per heavy atom. The van der Waals surface area contributed by atoms with E-state index in [1.54, 1.807) is 6.07 Å². The summed E-state index contributed by atoms with van der Waals surface area (Å²) in [5.41, 5.74) is 1.87. The molecular weight excluding hydrogens is 268 g/mol. The van der Waals surface area contributed by atoms with Crippen LogP contribution in [0.5, 0.6) is 5.75 Å². The van der Waals surface area contributed by atoms with Crippen LogP contribution in [0.15, 0.2) is 28.7 Å². The number of carbonyl (C=O) groups is 1. The number of carboxylic acids is 1. The van der Waals surface area contributed by atoms with Crippen LogP contribution in [0.2, 0.25) is 5.02 Å². The van der Waals surface area contributed by atoms with Gasteiger partial charge >= 0.3 is 5.97 Å². The summed E-state index contributed by atoms with van der Waals surface area (Å²) in [5, 5.41) is 9.46. The first-order valence-corrected chi connectivity index (χ1v) is 6.06. The van der Waals surface area contributed by atoms with E-state index >= 15 is 0 Å². The van der Waals surface area contributed by atoms with Crippen molar-refractivity contribution in [3.63, 3.8) is 0 Å². The van der Waals surface area contributed by atoms with E-state index < -0.39 is 5.97 Å². The lowest BCUT2D eigenvalue weighted by Gasteiger charge is -2.08. The molecule has 0 bridgehead atoms. The van der Waals surface area contributed by atoms with Crippen LogP contribution >= 0.6 is 11.6 Å². The van der Waals surface area contributed by atoms with Crippen molar-refractivity contribution < 1.29 is 19.1 Å². The molecule has 0 aliphatic carbocycles. The fourth-order valence-electron chi connectivity index (χ4n) is 1.71. The van der Waals surface area contributed by atoms with Crippen molar-refractivity contribution in [3.05, 3.63) is 51.9 Å². The van der Waals surface area contributed by atoms with Crippen LogP contribution in [-0.4, -0.2) is 11.1 Å². The van der Waals surface area contributed by atoms with Gasteiger partial charge in [0.2, 0.25) is 5.76 Å². The third kappa shape index (κ3) is 3.09. The van der Waals surface area contributed by atoms with Gasteiger partial charge in [0.1, 0.15) is 18.1 Å². The highest BCUT2D eigenvalue weighted by Gasteiger charge is 2.10. The first-order valence-electron chi connectivity index (χ1n) is 5.69. The van der Waals surface area contributed by atoms with Gasteiger partial charge in [-0.25, -0.2) is 4.79 Å². The standard InChI is InChI=1S/C14H13ClO4/c1-8-5-11(6-9(2)13(8)15)18-7-10-3-4-12(19-10)14(16)17/h3-6H,7H2,1-2H3,(H,16,17). The molecule has 0 aliphatic rings. The van der Waals surface area contributed by atoms with Gasteiger partial charge in [-0.3, -0.25) is 0 Å². The van der Waals surface area contributed by atoms with Gasteiger partial charge in [-0.1, -0.05) is 11.6 Å². The molecule has 1 heterocycles. The van der Waals surface area contributed by atoms with Gasteiger partial charge in [0.15, 0.2) is 0 Å². The topological polar surface area (TPSA) is 59.7 Å². The van der Waals surface area contributed by atoms with Crippen molar-refractivity contribution in [2.24, 2.45) is 0 Å². The number of aromatic carboxylic acids is 1. The van der Waals surface area contributed by atoms with Crippen LogP contribution in [0.4, 0.5) is 0 Å². The van der Waals surface area contributed by atoms with Gasteiger partial charge in [0.25, 0.3) is 0 Å². The maximum absolute atomic E-state index is 10.7. The Balaban J connectivity index is 2.08. The number of carboxylic acid groups (broad SMARTS) is 1. The van der Waals surface area contributed by atoms with Gasteiger partial charge in [0.05, 0.1) is 0 Å². The Morgan fingerprint density at radius 2 is 1.95 bits per heavy atom. The molecule has 4 nitrogen and oxygen atoms in total. The Morgan fingerprint density at radius 1 is 1.32 bits per heavy atom. The summed E-state index contributed by atoms with van der Waals surface area (Å²) < 4.78 is 10.7. The third-order valence-corrected chi connectivity index (χ3v) is 3.26. The first kappa shape index (κ1) is 13.5. The minimum absolute atomic E-state index is 0.0953. The molecule has 2 aromatic rings. The molecule has 0 unspecified atom stereocenters. The monoisotopic (exact) mass is 280 g/mol. The summed E-state index contributed by atoms with van der Waals surface area (Å²) in [4.78, 5) is 10.7. The largest absolute Gasteiger partial charge is 0.486 e. The zero-order chi connectivity index (χ0) is 14.0. The van der Waals surface area contributed by atoms with Crippen LogP contribution in [-0.2, 0) is 6.61 Å². The van der Waals surface area contributed by atoms with Gasteiger partial charge < -0.3 is 14.3 Å². The Labute approximate surface area is 115 Å². The third-order valence-electron chi connectivity index (χ3n) is 2.66. The molecule has 0 saturated carbocycles. The summed E-state index contributed by atoms with van der Waals surface area (Å²) in [7, 11) is 0. The molecule has 0 aliphatic heterocycles. The van der Waals surface area contributed by atoms with Crippen molar-refractivity contribution in [3.8, 4) is 5.75 Å². The summed E-state index contributed by atoms with van der Waals surface area (Å²) in [6, 6.07) is 6.64. The normalized spacial score (nSPS) is 10.5. The molecule has 1 aromatic carbocycles. The maximum Gasteiger partial charge on any atom is 0.371 e. The lowest BCUT2D eigenvalue weighted by atomic mass is 10.1. The van der Waals surface area contributed by atoms with Gasteiger partial charge in [-0.2, -0.15) is 0 Å². The van der Waals surface area contributed by atoms with Gasteiger partial charge in [0, 0.05) is 5.02 Å². The molecule has 0 spiro atoms. The van der Waals surface area contributed by atoms with Crippen LogP contribution in [0, 0.1) is 13.8 Å². The number of ether oxygens (including phenoxy) is 1. The second kappa shape index (κ2) is 5.36. The van der Waals surface area contributed by atoms with E-state index in [1.807, 2.05) is 26.0 Å². The fraction of sp³-hybridized carbons (Fsp3) is 0.214. The summed E-state index contributed by atoms with van der Waals surface area (Å²) >= 11 is 6.07. The molecule has 0 saturated heterocycles. The Kier molecular flexibility index (Phi) is 3.81. The molecule has 1 aromatic heterocycles. The van der Waals surface area contributed by atoms with Gasteiger partial charge in [-0.05, 0) is 49.2 Å². The number of aryl methyl sites for hydroxylation is 2. The molecule has 0 amide bonds. The molecule has 0 radical (unpaired) electrons. The molecule has 5 heteroatoms. The first-order chi connectivity index (χ1) is 8.97. The number of hydrogen-bond acceptors (Lipinski definition) is 3. The average molecular weight is 281 g/mol. The molecule has 2 rings (SSSR count). The van der Waals surface area contributed by atoms with Crippen molar-refractivity contribution in [2.45, 2.75) is 20.5 Å². The quantitative estimate of drug-likeness (QED) is 0.925. The number of benzene rings is 1. The number of hydrogen-bond donors (Lipinski definition) is 1. The highest BCUT2D eigenvalue weighted by Crippen LogP contribution is 2.26. The number of rotatable bonds is 4. The second-order valence-corrected chi connectivity index (χ2v) is 4.61. The summed E-state index contributed by atoms with van der Waals surface area (Å²) in [5.74, 6) is -0.0539. The van der Waals surface area contributed by atoms with E-state index in [0.29, 0.717) is 11.5 Å². The highest BCUT2D eigenvalue weighted by atomic mass is 35.5. The highest BCUT2D eigenvalue weighted by molar-refractivity contribution is 6.32.